The third-order valence-electron chi connectivity index (χ3n) is 4.81. The quantitative estimate of drug-likeness (QED) is 0.652. The monoisotopic (exact) mass is 399 g/mol. The van der Waals surface area contributed by atoms with Gasteiger partial charge in [-0.15, -0.1) is 0 Å². The lowest BCUT2D eigenvalue weighted by atomic mass is 10.1. The Labute approximate surface area is 161 Å². The van der Waals surface area contributed by atoms with Gasteiger partial charge in [-0.3, -0.25) is 4.79 Å². The van der Waals surface area contributed by atoms with E-state index in [9.17, 15) is 18.3 Å². The number of nitrogens with one attached hydrogen (secondary N) is 1. The van der Waals surface area contributed by atoms with Crippen molar-refractivity contribution in [3.8, 4) is 11.4 Å². The van der Waals surface area contributed by atoms with Gasteiger partial charge in [0.15, 0.2) is 0 Å². The molecule has 1 heterocycles. The van der Waals surface area contributed by atoms with Crippen molar-refractivity contribution in [1.29, 1.82) is 0 Å². The van der Waals surface area contributed by atoms with Crippen LogP contribution in [0.1, 0.15) is 23.8 Å². The van der Waals surface area contributed by atoms with Crippen molar-refractivity contribution in [3.63, 3.8) is 0 Å². The Bertz CT molecular complexity index is 1130. The molecule has 3 aromatic rings. The fourth-order valence-corrected chi connectivity index (χ4v) is 4.65. The van der Waals surface area contributed by atoms with E-state index in [-0.39, 0.29) is 11.3 Å². The van der Waals surface area contributed by atoms with Crippen molar-refractivity contribution in [1.82, 2.24) is 14.9 Å². The molecular formula is C19H17N3O5S. The molecule has 8 nitrogen and oxygen atoms in total. The Hall–Kier alpha value is -3.04. The topological polar surface area (TPSA) is 122 Å². The molecule has 0 amide bonds. The van der Waals surface area contributed by atoms with Gasteiger partial charge in [0, 0.05) is 18.4 Å². The Morgan fingerprint density at radius 1 is 1.18 bits per heavy atom. The van der Waals surface area contributed by atoms with Crippen LogP contribution in [0.25, 0.3) is 11.4 Å². The fraction of sp³-hybridized carbons (Fsp3) is 0.211. The van der Waals surface area contributed by atoms with Crippen molar-refractivity contribution in [3.05, 3.63) is 66.1 Å². The molecule has 144 valence electrons. The van der Waals surface area contributed by atoms with Crippen molar-refractivity contribution in [2.24, 2.45) is 0 Å². The molecule has 2 N–H and O–H groups in total. The van der Waals surface area contributed by atoms with E-state index < -0.39 is 27.4 Å². The summed E-state index contributed by atoms with van der Waals surface area (Å²) in [4.78, 5) is 15.9. The Morgan fingerprint density at radius 3 is 2.43 bits per heavy atom. The second kappa shape index (κ2) is 6.54. The van der Waals surface area contributed by atoms with E-state index in [1.165, 1.54) is 12.1 Å². The number of rotatable bonds is 6. The van der Waals surface area contributed by atoms with Gasteiger partial charge < -0.3 is 9.63 Å². The predicted molar refractivity (Wildman–Crippen MR) is 99.0 cm³/mol. The molecule has 1 saturated carbocycles. The first-order chi connectivity index (χ1) is 13.3. The molecular weight excluding hydrogens is 382 g/mol. The molecule has 0 spiro atoms. The van der Waals surface area contributed by atoms with Crippen LogP contribution in [-0.2, 0) is 14.8 Å². The molecule has 28 heavy (non-hydrogen) atoms. The molecule has 1 fully saturated rings. The number of aromatic nitrogens is 2. The molecule has 9 heteroatoms. The zero-order valence-corrected chi connectivity index (χ0v) is 15.7. The zero-order chi connectivity index (χ0) is 19.9. The fourth-order valence-electron chi connectivity index (χ4n) is 3.24. The summed E-state index contributed by atoms with van der Waals surface area (Å²) in [6, 6.07) is 14.9. The van der Waals surface area contributed by atoms with Gasteiger partial charge in [0.1, 0.15) is 5.54 Å². The number of carboxylic acid groups (broad SMARTS) is 1. The van der Waals surface area contributed by atoms with Gasteiger partial charge in [0.05, 0.1) is 4.90 Å². The van der Waals surface area contributed by atoms with E-state index in [1.54, 1.807) is 43.3 Å². The highest BCUT2D eigenvalue weighted by molar-refractivity contribution is 7.89. The number of nitrogens with zero attached hydrogens (tertiary/aromatic N) is 2. The Kier molecular flexibility index (Phi) is 4.28. The summed E-state index contributed by atoms with van der Waals surface area (Å²) in [5, 5.41) is 13.5. The highest BCUT2D eigenvalue weighted by Crippen LogP contribution is 2.52. The minimum Gasteiger partial charge on any atom is -0.480 e. The SMILES string of the molecule is Cc1nc(-c2ccc(S(=O)(=O)N[C@]3(C(=O)O)C[C@H]3c3ccccc3)cc2)no1. The molecule has 0 saturated heterocycles. The van der Waals surface area contributed by atoms with Gasteiger partial charge in [-0.25, -0.2) is 8.42 Å². The van der Waals surface area contributed by atoms with Crippen LogP contribution in [0.15, 0.2) is 64.0 Å². The summed E-state index contributed by atoms with van der Waals surface area (Å²) in [6.07, 6.45) is 0.200. The standard InChI is InChI=1S/C19H17N3O5S/c1-12-20-17(21-27-12)14-7-9-15(10-8-14)28(25,26)22-19(18(23)24)11-16(19)13-5-3-2-4-6-13/h2-10,16,22H,11H2,1H3,(H,23,24)/t16-,19+/m0/s1. The summed E-state index contributed by atoms with van der Waals surface area (Å²) >= 11 is 0. The first-order valence-electron chi connectivity index (χ1n) is 8.55. The largest absolute Gasteiger partial charge is 0.480 e. The molecule has 4 rings (SSSR count). The smallest absolute Gasteiger partial charge is 0.325 e. The van der Waals surface area contributed by atoms with Gasteiger partial charge in [0.2, 0.25) is 21.7 Å². The lowest BCUT2D eigenvalue weighted by Gasteiger charge is -2.15. The molecule has 1 aromatic heterocycles. The molecule has 1 aliphatic carbocycles. The first-order valence-corrected chi connectivity index (χ1v) is 10.0. The molecule has 0 aliphatic heterocycles. The van der Waals surface area contributed by atoms with Crippen LogP contribution in [0.4, 0.5) is 0 Å². The number of benzene rings is 2. The zero-order valence-electron chi connectivity index (χ0n) is 14.9. The summed E-state index contributed by atoms with van der Waals surface area (Å²) in [5.41, 5.74) is -0.156. The maximum atomic E-state index is 12.8. The Balaban J connectivity index is 1.59. The van der Waals surface area contributed by atoms with Crippen molar-refractivity contribution < 1.29 is 22.8 Å². The van der Waals surface area contributed by atoms with E-state index in [2.05, 4.69) is 14.9 Å². The van der Waals surface area contributed by atoms with Crippen LogP contribution in [0.5, 0.6) is 0 Å². The predicted octanol–water partition coefficient (Wildman–Crippen LogP) is 2.33. The van der Waals surface area contributed by atoms with Crippen LogP contribution in [0.3, 0.4) is 0 Å². The highest BCUT2D eigenvalue weighted by Gasteiger charge is 2.63. The van der Waals surface area contributed by atoms with Crippen LogP contribution in [0.2, 0.25) is 0 Å². The summed E-state index contributed by atoms with van der Waals surface area (Å²) < 4.78 is 32.9. The number of sulfonamides is 1. The normalized spacial score (nSPS) is 21.4. The first kappa shape index (κ1) is 18.3. The maximum Gasteiger partial charge on any atom is 0.325 e. The lowest BCUT2D eigenvalue weighted by Crippen LogP contribution is -2.44. The third kappa shape index (κ3) is 3.19. The summed E-state index contributed by atoms with van der Waals surface area (Å²) in [5.74, 6) is -0.855. The van der Waals surface area contributed by atoms with Crippen LogP contribution in [-0.4, -0.2) is 35.2 Å². The molecule has 2 atom stereocenters. The maximum absolute atomic E-state index is 12.8. The average Bonchev–Trinajstić information content (AvgIpc) is 3.24. The van der Waals surface area contributed by atoms with Crippen LogP contribution < -0.4 is 4.72 Å². The third-order valence-corrected chi connectivity index (χ3v) is 6.34. The highest BCUT2D eigenvalue weighted by atomic mass is 32.2. The van der Waals surface area contributed by atoms with Crippen LogP contribution in [0, 0.1) is 6.92 Å². The Morgan fingerprint density at radius 2 is 1.86 bits per heavy atom. The van der Waals surface area contributed by atoms with E-state index >= 15 is 0 Å². The summed E-state index contributed by atoms with van der Waals surface area (Å²) in [6.45, 7) is 1.66. The number of hydrogen-bond acceptors (Lipinski definition) is 6. The summed E-state index contributed by atoms with van der Waals surface area (Å²) in [7, 11) is -4.03. The molecule has 1 aliphatic rings. The van der Waals surface area contributed by atoms with Crippen molar-refractivity contribution in [2.45, 2.75) is 29.7 Å². The van der Waals surface area contributed by atoms with Crippen molar-refractivity contribution >= 4 is 16.0 Å². The minimum absolute atomic E-state index is 0.0317. The second-order valence-electron chi connectivity index (χ2n) is 6.71. The van der Waals surface area contributed by atoms with Gasteiger partial charge >= 0.3 is 5.97 Å². The van der Waals surface area contributed by atoms with Gasteiger partial charge in [-0.05, 0) is 36.2 Å². The minimum atomic E-state index is -4.03. The number of carbonyl (C=O) groups is 1. The molecule has 0 radical (unpaired) electrons. The van der Waals surface area contributed by atoms with E-state index in [0.29, 0.717) is 17.3 Å². The number of hydrogen-bond donors (Lipinski definition) is 2. The second-order valence-corrected chi connectivity index (χ2v) is 8.39. The van der Waals surface area contributed by atoms with E-state index in [4.69, 9.17) is 4.52 Å². The lowest BCUT2D eigenvalue weighted by molar-refractivity contribution is -0.140. The van der Waals surface area contributed by atoms with Crippen LogP contribution >= 0.6 is 0 Å². The number of aliphatic carboxylic acids is 1. The van der Waals surface area contributed by atoms with Gasteiger partial charge in [-0.1, -0.05) is 35.5 Å². The number of aryl methyl sites for hydroxylation is 1. The van der Waals surface area contributed by atoms with Gasteiger partial charge in [-0.2, -0.15) is 9.71 Å². The van der Waals surface area contributed by atoms with Crippen molar-refractivity contribution in [2.75, 3.05) is 0 Å². The molecule has 0 bridgehead atoms. The van der Waals surface area contributed by atoms with Gasteiger partial charge in [0.25, 0.3) is 0 Å². The van der Waals surface area contributed by atoms with E-state index in [0.717, 1.165) is 5.56 Å². The van der Waals surface area contributed by atoms with E-state index in [1.807, 2.05) is 6.07 Å². The molecule has 2 aromatic carbocycles. The average molecular weight is 399 g/mol. The number of carboxylic acids is 1. The molecule has 0 unspecified atom stereocenters.